The van der Waals surface area contributed by atoms with Crippen molar-refractivity contribution in [3.63, 3.8) is 0 Å². The van der Waals surface area contributed by atoms with Crippen LogP contribution in [0.4, 0.5) is 10.5 Å². The van der Waals surface area contributed by atoms with Crippen molar-refractivity contribution in [2.24, 2.45) is 0 Å². The molecule has 1 fully saturated rings. The van der Waals surface area contributed by atoms with E-state index < -0.39 is 21.3 Å². The normalized spacial score (nSPS) is 19.9. The first kappa shape index (κ1) is 21.7. The third-order valence-corrected chi connectivity index (χ3v) is 7.74. The Morgan fingerprint density at radius 1 is 1.07 bits per heavy atom. The summed E-state index contributed by atoms with van der Waals surface area (Å²) < 4.78 is 28.6. The molecule has 142 valence electrons. The van der Waals surface area contributed by atoms with E-state index in [1.165, 1.54) is 22.3 Å². The number of hydrogen-bond acceptors (Lipinski definition) is 4. The van der Waals surface area contributed by atoms with E-state index in [1.807, 2.05) is 7.05 Å². The van der Waals surface area contributed by atoms with Crippen molar-refractivity contribution in [2.75, 3.05) is 25.5 Å². The Morgan fingerprint density at radius 3 is 2.19 bits per heavy atom. The minimum atomic E-state index is -3.77. The van der Waals surface area contributed by atoms with Crippen LogP contribution in [0.25, 0.3) is 4.72 Å². The summed E-state index contributed by atoms with van der Waals surface area (Å²) in [4.78, 5) is 14.6. The molecule has 0 aromatic heterocycles. The molecular formula is C19H26KN3O3S. The molecule has 0 bridgehead atoms. The van der Waals surface area contributed by atoms with Gasteiger partial charge in [0.25, 0.3) is 0 Å². The number of likely N-dealkylation sites (tertiary alicyclic amines) is 1. The largest absolute Gasteiger partial charge is 1.00 e. The molecule has 1 aromatic carbocycles. The number of benzene rings is 1. The Labute approximate surface area is 204 Å². The van der Waals surface area contributed by atoms with Gasteiger partial charge in [-0.25, -0.2) is 8.42 Å². The quantitative estimate of drug-likeness (QED) is 0.705. The van der Waals surface area contributed by atoms with Crippen molar-refractivity contribution < 1.29 is 64.6 Å². The molecule has 2 aliphatic carbocycles. The van der Waals surface area contributed by atoms with E-state index in [1.54, 1.807) is 0 Å². The molecule has 1 aromatic rings. The van der Waals surface area contributed by atoms with Crippen LogP contribution < -0.4 is 56.7 Å². The van der Waals surface area contributed by atoms with E-state index in [2.05, 4.69) is 21.0 Å². The summed E-state index contributed by atoms with van der Waals surface area (Å²) in [5.74, 6) is 0. The summed E-state index contributed by atoms with van der Waals surface area (Å²) in [5, 5.41) is 2.31. The smallest absolute Gasteiger partial charge is 0.423 e. The summed E-state index contributed by atoms with van der Waals surface area (Å²) in [5.41, 5.74) is 5.83. The standard InChI is InChI=1S/C19H27N3O3S.K/c1-22-10-8-15(9-11-22)26(24,25)21-19(23)20-18-16-6-2-4-13(16)12-14-5-3-7-17(14)18;/h12,15H,2-11H2,1H3,(H2,20,21,23);/q;+1/p-1. The molecule has 27 heavy (non-hydrogen) atoms. The molecular weight excluding hydrogens is 389 g/mol. The first-order valence-electron chi connectivity index (χ1n) is 9.57. The number of urea groups is 1. The first-order valence-corrected chi connectivity index (χ1v) is 11.1. The van der Waals surface area contributed by atoms with Crippen LogP contribution >= 0.6 is 0 Å². The molecule has 1 heterocycles. The molecule has 1 aliphatic heterocycles. The van der Waals surface area contributed by atoms with Gasteiger partial charge in [-0.3, -0.25) is 4.79 Å². The van der Waals surface area contributed by atoms with Gasteiger partial charge in [0.05, 0.1) is 5.25 Å². The number of nitrogens with one attached hydrogen (secondary N) is 1. The van der Waals surface area contributed by atoms with Crippen molar-refractivity contribution in [1.82, 2.24) is 4.90 Å². The molecule has 0 atom stereocenters. The van der Waals surface area contributed by atoms with Gasteiger partial charge in [0, 0.05) is 0 Å². The van der Waals surface area contributed by atoms with Crippen LogP contribution in [-0.4, -0.2) is 44.7 Å². The van der Waals surface area contributed by atoms with Gasteiger partial charge in [-0.15, -0.1) is 0 Å². The number of rotatable bonds is 3. The predicted molar refractivity (Wildman–Crippen MR) is 102 cm³/mol. The second-order valence-corrected chi connectivity index (χ2v) is 9.65. The van der Waals surface area contributed by atoms with Crippen LogP contribution in [0.1, 0.15) is 47.9 Å². The Hall–Kier alpha value is 0.0364. The van der Waals surface area contributed by atoms with Crippen molar-refractivity contribution >= 4 is 21.7 Å². The molecule has 3 aliphatic rings. The number of nitrogens with zero attached hydrogens (tertiary/aromatic N) is 2. The number of hydrogen-bond donors (Lipinski definition) is 1. The third kappa shape index (κ3) is 4.62. The minimum absolute atomic E-state index is 0. The average molecular weight is 416 g/mol. The van der Waals surface area contributed by atoms with Gasteiger partial charge < -0.3 is 14.9 Å². The Morgan fingerprint density at radius 2 is 1.63 bits per heavy atom. The Bertz CT molecular complexity index is 801. The van der Waals surface area contributed by atoms with Gasteiger partial charge in [0.1, 0.15) is 0 Å². The fourth-order valence-electron chi connectivity index (χ4n) is 4.57. The van der Waals surface area contributed by atoms with Gasteiger partial charge in [0.2, 0.25) is 0 Å². The van der Waals surface area contributed by atoms with Crippen LogP contribution in [0.5, 0.6) is 0 Å². The SMILES string of the molecule is CN1CCC(S(=O)(=O)[N-]C(=O)Nc2c3c(cc4c2CCC4)CCC3)CC1.[K+]. The number of amides is 2. The second kappa shape index (κ2) is 8.81. The van der Waals surface area contributed by atoms with Crippen molar-refractivity contribution in [3.05, 3.63) is 33.0 Å². The van der Waals surface area contributed by atoms with E-state index in [9.17, 15) is 13.2 Å². The Kier molecular flexibility index (Phi) is 7.09. The molecule has 1 N–H and O–H groups in total. The topological polar surface area (TPSA) is 80.6 Å². The number of carbonyl (C=O) groups excluding carboxylic acids is 1. The molecule has 0 saturated carbocycles. The van der Waals surface area contributed by atoms with E-state index in [4.69, 9.17) is 0 Å². The molecule has 6 nitrogen and oxygen atoms in total. The van der Waals surface area contributed by atoms with Crippen LogP contribution in [0.15, 0.2) is 6.07 Å². The van der Waals surface area contributed by atoms with E-state index in [0.29, 0.717) is 12.8 Å². The van der Waals surface area contributed by atoms with Gasteiger partial charge in [-0.1, -0.05) is 6.07 Å². The number of fused-ring (bicyclic) bond motifs is 2. The van der Waals surface area contributed by atoms with E-state index in [-0.39, 0.29) is 51.4 Å². The maximum absolute atomic E-state index is 12.5. The van der Waals surface area contributed by atoms with Gasteiger partial charge in [-0.05, 0) is 99.4 Å². The van der Waals surface area contributed by atoms with Crippen LogP contribution in [0, 0.1) is 0 Å². The molecule has 8 heteroatoms. The summed E-state index contributed by atoms with van der Waals surface area (Å²) in [6.45, 7) is 1.45. The van der Waals surface area contributed by atoms with Crippen molar-refractivity contribution in [3.8, 4) is 0 Å². The maximum Gasteiger partial charge on any atom is 1.00 e. The molecule has 0 spiro atoms. The Balaban J connectivity index is 0.00000210. The summed E-state index contributed by atoms with van der Waals surface area (Å²) in [6, 6.07) is 1.55. The average Bonchev–Trinajstić information content (AvgIpc) is 3.23. The van der Waals surface area contributed by atoms with Gasteiger partial charge in [0.15, 0.2) is 16.1 Å². The fourth-order valence-corrected chi connectivity index (χ4v) is 5.80. The fraction of sp³-hybridized carbons (Fsp3) is 0.632. The number of piperidine rings is 1. The summed E-state index contributed by atoms with van der Waals surface area (Å²) in [6.07, 6.45) is 7.21. The monoisotopic (exact) mass is 415 g/mol. The van der Waals surface area contributed by atoms with Gasteiger partial charge in [-0.2, -0.15) is 0 Å². The molecule has 4 rings (SSSR count). The second-order valence-electron chi connectivity index (χ2n) is 7.77. The zero-order chi connectivity index (χ0) is 18.3. The number of sulfonamides is 1. The molecule has 0 unspecified atom stereocenters. The maximum atomic E-state index is 12.5. The van der Waals surface area contributed by atoms with Crippen LogP contribution in [0.2, 0.25) is 0 Å². The van der Waals surface area contributed by atoms with Crippen molar-refractivity contribution in [2.45, 2.75) is 56.6 Å². The number of aryl methyl sites for hydroxylation is 2. The van der Waals surface area contributed by atoms with E-state index in [0.717, 1.165) is 57.3 Å². The number of carbonyl (C=O) groups is 1. The summed E-state index contributed by atoms with van der Waals surface area (Å²) in [7, 11) is -1.79. The third-order valence-electron chi connectivity index (χ3n) is 6.00. The van der Waals surface area contributed by atoms with Crippen LogP contribution in [0.3, 0.4) is 0 Å². The molecule has 1 saturated heterocycles. The minimum Gasteiger partial charge on any atom is -0.423 e. The molecule has 0 radical (unpaired) electrons. The van der Waals surface area contributed by atoms with E-state index >= 15 is 0 Å². The zero-order valence-corrected chi connectivity index (χ0v) is 20.2. The number of anilines is 1. The predicted octanol–water partition coefficient (Wildman–Crippen LogP) is -0.00240. The van der Waals surface area contributed by atoms with Crippen molar-refractivity contribution in [1.29, 1.82) is 0 Å². The van der Waals surface area contributed by atoms with Crippen LogP contribution in [-0.2, 0) is 35.7 Å². The van der Waals surface area contributed by atoms with Gasteiger partial charge >= 0.3 is 51.4 Å². The zero-order valence-electron chi connectivity index (χ0n) is 16.3. The first-order chi connectivity index (χ1) is 12.4. The molecule has 2 amide bonds. The summed E-state index contributed by atoms with van der Waals surface area (Å²) >= 11 is 0.